The molecule has 4 rings (SSSR count). The first-order chi connectivity index (χ1) is 15.2. The first-order valence-corrected chi connectivity index (χ1v) is 11.0. The Morgan fingerprint density at radius 3 is 2.55 bits per heavy atom. The number of carbonyl (C=O) groups excluding carboxylic acids is 2. The molecule has 6 nitrogen and oxygen atoms in total. The zero-order chi connectivity index (χ0) is 21.5. The number of carbonyl (C=O) groups is 2. The molecule has 1 aliphatic rings. The van der Waals surface area contributed by atoms with Gasteiger partial charge >= 0.3 is 5.97 Å². The van der Waals surface area contributed by atoms with E-state index in [1.54, 1.807) is 28.4 Å². The molecule has 0 atom stereocenters. The lowest BCUT2D eigenvalue weighted by Crippen LogP contribution is -2.34. The number of anilines is 1. The zero-order valence-electron chi connectivity index (χ0n) is 17.0. The van der Waals surface area contributed by atoms with Gasteiger partial charge in [-0.05, 0) is 35.6 Å². The van der Waals surface area contributed by atoms with Crippen LogP contribution in [0.2, 0.25) is 0 Å². The fourth-order valence-electron chi connectivity index (χ4n) is 3.27. The molecule has 0 unspecified atom stereocenters. The molecule has 0 N–H and O–H groups in total. The molecule has 0 radical (unpaired) electrons. The first-order valence-electron chi connectivity index (χ1n) is 10.1. The highest BCUT2D eigenvalue weighted by Gasteiger charge is 2.21. The van der Waals surface area contributed by atoms with Crippen LogP contribution in [0.1, 0.15) is 16.9 Å². The van der Waals surface area contributed by atoms with Crippen molar-refractivity contribution in [2.45, 2.75) is 19.4 Å². The van der Waals surface area contributed by atoms with Crippen molar-refractivity contribution in [1.82, 2.24) is 0 Å². The van der Waals surface area contributed by atoms with Gasteiger partial charge in [-0.15, -0.1) is 11.3 Å². The number of amides is 1. The van der Waals surface area contributed by atoms with Gasteiger partial charge in [0.1, 0.15) is 13.2 Å². The Labute approximate surface area is 185 Å². The second-order valence-corrected chi connectivity index (χ2v) is 8.07. The average Bonchev–Trinajstić information content (AvgIpc) is 3.33. The maximum Gasteiger partial charge on any atom is 0.306 e. The van der Waals surface area contributed by atoms with Crippen molar-refractivity contribution in [3.8, 4) is 11.5 Å². The molecule has 0 saturated heterocycles. The second kappa shape index (κ2) is 10.1. The van der Waals surface area contributed by atoms with Gasteiger partial charge in [-0.1, -0.05) is 36.4 Å². The summed E-state index contributed by atoms with van der Waals surface area (Å²) in [5.41, 5.74) is 1.73. The highest BCUT2D eigenvalue weighted by molar-refractivity contribution is 7.09. The van der Waals surface area contributed by atoms with Crippen molar-refractivity contribution >= 4 is 28.9 Å². The van der Waals surface area contributed by atoms with Crippen molar-refractivity contribution in [3.05, 3.63) is 76.5 Å². The van der Waals surface area contributed by atoms with E-state index in [1.165, 1.54) is 0 Å². The summed E-state index contributed by atoms with van der Waals surface area (Å²) in [6.45, 7) is 1.04. The smallest absolute Gasteiger partial charge is 0.306 e. The molecule has 1 amide bonds. The lowest BCUT2D eigenvalue weighted by Gasteiger charge is -2.25. The van der Waals surface area contributed by atoms with Gasteiger partial charge in [0.2, 0.25) is 0 Å². The summed E-state index contributed by atoms with van der Waals surface area (Å²) in [6.07, 6.45) is 0.807. The van der Waals surface area contributed by atoms with Gasteiger partial charge in [0.25, 0.3) is 5.91 Å². The van der Waals surface area contributed by atoms with E-state index in [9.17, 15) is 9.59 Å². The van der Waals surface area contributed by atoms with Crippen LogP contribution < -0.4 is 14.4 Å². The van der Waals surface area contributed by atoms with E-state index in [1.807, 2.05) is 53.9 Å². The van der Waals surface area contributed by atoms with Crippen LogP contribution in [0.15, 0.2) is 66.0 Å². The molecule has 0 bridgehead atoms. The second-order valence-electron chi connectivity index (χ2n) is 7.03. The summed E-state index contributed by atoms with van der Waals surface area (Å²) in [7, 11) is 0. The van der Waals surface area contributed by atoms with Gasteiger partial charge in [-0.25, -0.2) is 0 Å². The molecule has 7 heteroatoms. The van der Waals surface area contributed by atoms with Crippen LogP contribution in [0.4, 0.5) is 5.69 Å². The lowest BCUT2D eigenvalue weighted by atomic mass is 10.1. The largest absolute Gasteiger partial charge is 0.486 e. The Morgan fingerprint density at radius 2 is 1.77 bits per heavy atom. The minimum absolute atomic E-state index is 0.228. The van der Waals surface area contributed by atoms with Crippen LogP contribution in [0, 0.1) is 0 Å². The number of hydrogen-bond donors (Lipinski definition) is 0. The van der Waals surface area contributed by atoms with E-state index in [2.05, 4.69) is 0 Å². The summed E-state index contributed by atoms with van der Waals surface area (Å²) < 4.78 is 16.5. The van der Waals surface area contributed by atoms with Crippen molar-refractivity contribution in [3.63, 3.8) is 0 Å². The maximum absolute atomic E-state index is 13.0. The number of esters is 1. The monoisotopic (exact) mass is 437 g/mol. The quantitative estimate of drug-likeness (QED) is 0.494. The topological polar surface area (TPSA) is 65.1 Å². The van der Waals surface area contributed by atoms with Crippen LogP contribution in [-0.2, 0) is 27.3 Å². The Bertz CT molecular complexity index is 1020. The normalized spacial score (nSPS) is 12.3. The third-order valence-corrected chi connectivity index (χ3v) is 5.71. The molecule has 160 valence electrons. The molecular weight excluding hydrogens is 414 g/mol. The Kier molecular flexibility index (Phi) is 6.84. The van der Waals surface area contributed by atoms with Gasteiger partial charge in [0.15, 0.2) is 18.1 Å². The Hall–Kier alpha value is -3.32. The summed E-state index contributed by atoms with van der Waals surface area (Å²) in [5, 5.41) is 1.96. The van der Waals surface area contributed by atoms with Crippen LogP contribution >= 0.6 is 11.3 Å². The summed E-state index contributed by atoms with van der Waals surface area (Å²) >= 11 is 1.56. The minimum atomic E-state index is -0.393. The zero-order valence-corrected chi connectivity index (χ0v) is 17.8. The highest BCUT2D eigenvalue weighted by Crippen LogP contribution is 2.34. The number of benzene rings is 2. The van der Waals surface area contributed by atoms with E-state index in [-0.39, 0.29) is 18.9 Å². The van der Waals surface area contributed by atoms with Crippen molar-refractivity contribution in [1.29, 1.82) is 0 Å². The van der Waals surface area contributed by atoms with E-state index in [4.69, 9.17) is 14.2 Å². The third-order valence-electron chi connectivity index (χ3n) is 4.85. The fourth-order valence-corrected chi connectivity index (χ4v) is 3.96. The predicted molar refractivity (Wildman–Crippen MR) is 119 cm³/mol. The molecule has 3 aromatic rings. The third kappa shape index (κ3) is 5.64. The molecule has 1 aliphatic heterocycles. The van der Waals surface area contributed by atoms with Gasteiger partial charge in [0.05, 0.1) is 6.54 Å². The Balaban J connectivity index is 1.41. The number of nitrogens with zero attached hydrogens (tertiary/aromatic N) is 1. The minimum Gasteiger partial charge on any atom is -0.486 e. The molecule has 0 aliphatic carbocycles. The molecule has 0 saturated carbocycles. The number of rotatable bonds is 8. The standard InChI is InChI=1S/C24H23NO5S/c26-23(17-30-24(27)11-8-18-5-2-1-3-6-18)25(16-20-7-4-14-31-20)19-9-10-21-22(15-19)29-13-12-28-21/h1-7,9-10,14-15H,8,11-13,16-17H2. The number of hydrogen-bond acceptors (Lipinski definition) is 6. The number of aryl methyl sites for hydroxylation is 1. The molecule has 2 heterocycles. The number of thiophene rings is 1. The van der Waals surface area contributed by atoms with Gasteiger partial charge in [-0.2, -0.15) is 0 Å². The summed E-state index contributed by atoms with van der Waals surface area (Å²) in [6, 6.07) is 19.0. The molecule has 2 aromatic carbocycles. The van der Waals surface area contributed by atoms with Crippen LogP contribution in [-0.4, -0.2) is 31.7 Å². The molecule has 31 heavy (non-hydrogen) atoms. The van der Waals surface area contributed by atoms with Crippen molar-refractivity contribution < 1.29 is 23.8 Å². The fraction of sp³-hybridized carbons (Fsp3) is 0.250. The van der Waals surface area contributed by atoms with Gasteiger partial charge in [-0.3, -0.25) is 9.59 Å². The van der Waals surface area contributed by atoms with E-state index < -0.39 is 5.97 Å². The predicted octanol–water partition coefficient (Wildman–Crippen LogP) is 4.23. The SMILES string of the molecule is O=C(CCc1ccccc1)OCC(=O)N(Cc1cccs1)c1ccc2c(c1)OCCO2. The lowest BCUT2D eigenvalue weighted by molar-refractivity contribution is -0.147. The van der Waals surface area contributed by atoms with E-state index in [0.29, 0.717) is 43.4 Å². The summed E-state index contributed by atoms with van der Waals surface area (Å²) in [5.74, 6) is 0.576. The molecule has 1 aromatic heterocycles. The van der Waals surface area contributed by atoms with Crippen molar-refractivity contribution in [2.75, 3.05) is 24.7 Å². The van der Waals surface area contributed by atoms with Crippen molar-refractivity contribution in [2.24, 2.45) is 0 Å². The van der Waals surface area contributed by atoms with Crippen LogP contribution in [0.25, 0.3) is 0 Å². The van der Waals surface area contributed by atoms with Crippen LogP contribution in [0.5, 0.6) is 11.5 Å². The van der Waals surface area contributed by atoms with E-state index >= 15 is 0 Å². The number of fused-ring (bicyclic) bond motifs is 1. The first kappa shape index (κ1) is 20.9. The highest BCUT2D eigenvalue weighted by atomic mass is 32.1. The van der Waals surface area contributed by atoms with Crippen LogP contribution in [0.3, 0.4) is 0 Å². The van der Waals surface area contributed by atoms with Gasteiger partial charge < -0.3 is 19.1 Å². The molecular formula is C24H23NO5S. The summed E-state index contributed by atoms with van der Waals surface area (Å²) in [4.78, 5) is 27.8. The van der Waals surface area contributed by atoms with Gasteiger partial charge in [0, 0.05) is 23.1 Å². The Morgan fingerprint density at radius 1 is 0.968 bits per heavy atom. The molecule has 0 spiro atoms. The average molecular weight is 438 g/mol. The number of ether oxygens (including phenoxy) is 3. The van der Waals surface area contributed by atoms with E-state index in [0.717, 1.165) is 10.4 Å². The molecule has 0 fully saturated rings. The maximum atomic E-state index is 13.0.